The lowest BCUT2D eigenvalue weighted by molar-refractivity contribution is -0.136. The van der Waals surface area contributed by atoms with Crippen molar-refractivity contribution in [1.82, 2.24) is 9.80 Å². The third kappa shape index (κ3) is 16.0. The van der Waals surface area contributed by atoms with Gasteiger partial charge in [0.1, 0.15) is 12.4 Å². The number of rotatable bonds is 12. The van der Waals surface area contributed by atoms with Crippen LogP contribution in [0.4, 0.5) is 10.5 Å². The number of ether oxygens (including phenoxy) is 1. The molecule has 0 aliphatic carbocycles. The van der Waals surface area contributed by atoms with Crippen molar-refractivity contribution in [3.8, 4) is 0 Å². The maximum Gasteiger partial charge on any atom is 0.410 e. The summed E-state index contributed by atoms with van der Waals surface area (Å²) in [4.78, 5) is 59.6. The molecule has 17 heteroatoms. The van der Waals surface area contributed by atoms with Gasteiger partial charge in [-0.25, -0.2) is 13.2 Å². The van der Waals surface area contributed by atoms with E-state index in [-0.39, 0.29) is 74.7 Å². The van der Waals surface area contributed by atoms with Crippen LogP contribution >= 0.6 is 0 Å². The van der Waals surface area contributed by atoms with Crippen molar-refractivity contribution < 1.29 is 47.3 Å². The van der Waals surface area contributed by atoms with Crippen LogP contribution in [0.15, 0.2) is 83.8 Å². The molecule has 1 aliphatic heterocycles. The van der Waals surface area contributed by atoms with Gasteiger partial charge in [0.05, 0.1) is 16.6 Å². The molecule has 3 aromatic carbocycles. The van der Waals surface area contributed by atoms with Gasteiger partial charge in [0.15, 0.2) is 9.84 Å². The van der Waals surface area contributed by atoms with Crippen LogP contribution in [0.1, 0.15) is 37.0 Å². The van der Waals surface area contributed by atoms with E-state index in [0.29, 0.717) is 16.8 Å². The number of amides is 3. The maximum atomic E-state index is 13.9. The summed E-state index contributed by atoms with van der Waals surface area (Å²) in [6.45, 7) is 3.36. The summed E-state index contributed by atoms with van der Waals surface area (Å²) in [7, 11) is -3.99. The second-order valence-corrected chi connectivity index (χ2v) is 13.8. The minimum Gasteiger partial charge on any atom is -0.481 e. The van der Waals surface area contributed by atoms with Gasteiger partial charge in [-0.3, -0.25) is 24.6 Å². The minimum absolute atomic E-state index is 0.0330. The SMILES string of the molecule is CC(=O)O.CC(=O)O.N=C(N)c1cccc(C[C@H](CS(=O)(=O)c2cccc(NC(=O)CCN)c2)C(=O)N2CCN(C(=O)OCc3ccccc3)CC2)c1. The fraction of sp³-hybridized carbons (Fsp3) is 0.333. The standard InChI is InChI=1S/C32H38N6O6S.2C2H4O2/c33-13-12-29(39)36-27-10-5-11-28(20-27)45(42,43)22-26(19-24-8-4-9-25(18-24)30(34)35)31(40)37-14-16-38(17-15-37)32(41)44-21-23-6-2-1-3-7-23;2*1-2(3)4/h1-11,18,20,26H,12-17,19,21-22,33H2,(H3,34,35)(H,36,39);2*1H3,(H,3,4)/t26-;;/m1../s1. The van der Waals surface area contributed by atoms with Crippen LogP contribution < -0.4 is 16.8 Å². The van der Waals surface area contributed by atoms with Crippen molar-refractivity contribution in [2.24, 2.45) is 17.4 Å². The van der Waals surface area contributed by atoms with Crippen molar-refractivity contribution in [1.29, 1.82) is 5.41 Å². The van der Waals surface area contributed by atoms with Crippen LogP contribution in [0.25, 0.3) is 0 Å². The number of piperazine rings is 1. The first kappa shape index (κ1) is 43.4. The van der Waals surface area contributed by atoms with Crippen LogP contribution in [-0.2, 0) is 46.8 Å². The molecule has 0 spiro atoms. The molecule has 0 unspecified atom stereocenters. The van der Waals surface area contributed by atoms with Gasteiger partial charge in [-0.05, 0) is 41.8 Å². The topological polar surface area (TPSA) is 264 Å². The van der Waals surface area contributed by atoms with E-state index in [2.05, 4.69) is 5.32 Å². The average Bonchev–Trinajstić information content (AvgIpc) is 3.10. The van der Waals surface area contributed by atoms with Gasteiger partial charge in [-0.2, -0.15) is 0 Å². The molecule has 0 aromatic heterocycles. The Balaban J connectivity index is 0.00000110. The number of nitrogens with zero attached hydrogens (tertiary/aromatic N) is 2. The highest BCUT2D eigenvalue weighted by Gasteiger charge is 2.33. The van der Waals surface area contributed by atoms with Crippen molar-refractivity contribution >= 4 is 51.2 Å². The number of benzene rings is 3. The van der Waals surface area contributed by atoms with Crippen molar-refractivity contribution in [3.63, 3.8) is 0 Å². The third-order valence-corrected chi connectivity index (χ3v) is 9.21. The zero-order chi connectivity index (χ0) is 39.6. The largest absolute Gasteiger partial charge is 0.481 e. The van der Waals surface area contributed by atoms with E-state index >= 15 is 0 Å². The molecule has 3 amide bonds. The van der Waals surface area contributed by atoms with Crippen molar-refractivity contribution in [2.45, 2.75) is 38.2 Å². The minimum atomic E-state index is -3.99. The molecule has 1 saturated heterocycles. The maximum absolute atomic E-state index is 13.9. The lowest BCUT2D eigenvalue weighted by atomic mass is 9.97. The molecule has 1 aliphatic rings. The number of carboxylic acids is 2. The number of nitrogens with one attached hydrogen (secondary N) is 2. The predicted molar refractivity (Wildman–Crippen MR) is 197 cm³/mol. The molecule has 1 heterocycles. The van der Waals surface area contributed by atoms with Gasteiger partial charge < -0.3 is 41.5 Å². The number of sulfone groups is 1. The highest BCUT2D eigenvalue weighted by Crippen LogP contribution is 2.23. The first-order chi connectivity index (χ1) is 25.0. The van der Waals surface area contributed by atoms with Gasteiger partial charge in [-0.1, -0.05) is 54.6 Å². The van der Waals surface area contributed by atoms with Crippen molar-refractivity contribution in [3.05, 3.63) is 95.6 Å². The van der Waals surface area contributed by atoms with E-state index in [1.54, 1.807) is 35.2 Å². The van der Waals surface area contributed by atoms with Crippen LogP contribution in [0.2, 0.25) is 0 Å². The van der Waals surface area contributed by atoms with Gasteiger partial charge in [0, 0.05) is 64.2 Å². The average molecular weight is 755 g/mol. The Bertz CT molecular complexity index is 1810. The lowest BCUT2D eigenvalue weighted by Gasteiger charge is -2.36. The summed E-state index contributed by atoms with van der Waals surface area (Å²) in [5, 5.41) is 25.2. The lowest BCUT2D eigenvalue weighted by Crippen LogP contribution is -2.52. The van der Waals surface area contributed by atoms with E-state index in [1.165, 1.54) is 23.1 Å². The number of carbonyl (C=O) groups excluding carboxylic acids is 3. The fourth-order valence-corrected chi connectivity index (χ4v) is 6.60. The van der Waals surface area contributed by atoms with Crippen LogP contribution in [0.3, 0.4) is 0 Å². The van der Waals surface area contributed by atoms with E-state index in [4.69, 9.17) is 41.4 Å². The summed E-state index contributed by atoms with van der Waals surface area (Å²) in [6.07, 6.45) is -0.305. The first-order valence-electron chi connectivity index (χ1n) is 16.4. The number of hydrogen-bond acceptors (Lipinski definition) is 10. The number of anilines is 1. The number of nitrogens with two attached hydrogens (primary N) is 2. The van der Waals surface area contributed by atoms with Crippen LogP contribution in [0.5, 0.6) is 0 Å². The smallest absolute Gasteiger partial charge is 0.410 e. The molecule has 8 N–H and O–H groups in total. The van der Waals surface area contributed by atoms with Gasteiger partial charge in [-0.15, -0.1) is 0 Å². The zero-order valence-corrected chi connectivity index (χ0v) is 30.4. The quantitative estimate of drug-likeness (QED) is 0.115. The number of carboxylic acid groups (broad SMARTS) is 2. The highest BCUT2D eigenvalue weighted by molar-refractivity contribution is 7.91. The molecule has 0 radical (unpaired) electrons. The molecule has 1 fully saturated rings. The highest BCUT2D eigenvalue weighted by atomic mass is 32.2. The Labute approximate surface area is 308 Å². The summed E-state index contributed by atoms with van der Waals surface area (Å²) in [6, 6.07) is 22.0. The molecule has 16 nitrogen and oxygen atoms in total. The van der Waals surface area contributed by atoms with Gasteiger partial charge in [0.25, 0.3) is 11.9 Å². The second kappa shape index (κ2) is 21.5. The summed E-state index contributed by atoms with van der Waals surface area (Å²) in [5.41, 5.74) is 13.4. The summed E-state index contributed by atoms with van der Waals surface area (Å²) < 4.78 is 32.8. The molecule has 1 atom stereocenters. The number of hydrogen-bond donors (Lipinski definition) is 6. The normalized spacial score (nSPS) is 12.8. The van der Waals surface area contributed by atoms with Gasteiger partial charge in [0.2, 0.25) is 11.8 Å². The van der Waals surface area contributed by atoms with Crippen molar-refractivity contribution in [2.75, 3.05) is 43.8 Å². The predicted octanol–water partition coefficient (Wildman–Crippen LogP) is 2.55. The fourth-order valence-electron chi connectivity index (χ4n) is 5.03. The molecule has 3 aromatic rings. The Hall–Kier alpha value is -5.81. The number of aliphatic carboxylic acids is 2. The van der Waals surface area contributed by atoms with E-state index in [1.807, 2.05) is 30.3 Å². The Morgan fingerprint density at radius 1 is 0.849 bits per heavy atom. The number of carbonyl (C=O) groups is 5. The van der Waals surface area contributed by atoms with E-state index < -0.39 is 39.5 Å². The molecular weight excluding hydrogens is 708 g/mol. The summed E-state index contributed by atoms with van der Waals surface area (Å²) in [5.74, 6) is -3.97. The number of amidine groups is 1. The van der Waals surface area contributed by atoms with Gasteiger partial charge >= 0.3 is 6.09 Å². The van der Waals surface area contributed by atoms with E-state index in [9.17, 15) is 22.8 Å². The Morgan fingerprint density at radius 2 is 1.42 bits per heavy atom. The molecule has 0 saturated carbocycles. The Kier molecular flexibility index (Phi) is 17.6. The molecule has 286 valence electrons. The number of nitrogen functional groups attached to an aromatic ring is 1. The monoisotopic (exact) mass is 754 g/mol. The molecule has 0 bridgehead atoms. The first-order valence-corrected chi connectivity index (χ1v) is 18.1. The van der Waals surface area contributed by atoms with E-state index in [0.717, 1.165) is 19.4 Å². The second-order valence-electron chi connectivity index (χ2n) is 11.8. The van der Waals surface area contributed by atoms with Crippen LogP contribution in [0, 0.1) is 11.3 Å². The molecular formula is C36H46N6O10S. The Morgan fingerprint density at radius 3 is 2.00 bits per heavy atom. The third-order valence-electron chi connectivity index (χ3n) is 7.39. The zero-order valence-electron chi connectivity index (χ0n) is 29.6. The molecule has 4 rings (SSSR count). The van der Waals surface area contributed by atoms with Crippen LogP contribution in [-0.4, -0.2) is 103 Å². The molecule has 53 heavy (non-hydrogen) atoms. The summed E-state index contributed by atoms with van der Waals surface area (Å²) >= 11 is 0.